The van der Waals surface area contributed by atoms with Crippen molar-refractivity contribution in [2.24, 2.45) is 0 Å². The number of likely N-dealkylation sites (tertiary alicyclic amines) is 1. The Hall–Kier alpha value is -2.40. The second-order valence-corrected chi connectivity index (χ2v) is 7.20. The van der Waals surface area contributed by atoms with Crippen LogP contribution >= 0.6 is 0 Å². The minimum atomic E-state index is -0.230. The molecule has 2 heterocycles. The van der Waals surface area contributed by atoms with Crippen LogP contribution in [0.4, 0.5) is 0 Å². The minimum absolute atomic E-state index is 0.154. The average Bonchev–Trinajstić information content (AvgIpc) is 2.98. The smallest absolute Gasteiger partial charge is 0.251 e. The van der Waals surface area contributed by atoms with Crippen molar-refractivity contribution in [1.29, 1.82) is 0 Å². The number of H-pyrrole nitrogens is 1. The number of rotatable bonds is 6. The molecule has 27 heavy (non-hydrogen) atoms. The van der Waals surface area contributed by atoms with Crippen LogP contribution in [-0.4, -0.2) is 35.4 Å². The zero-order valence-corrected chi connectivity index (χ0v) is 16.0. The highest BCUT2D eigenvalue weighted by molar-refractivity contribution is 5.94. The van der Waals surface area contributed by atoms with Gasteiger partial charge in [0, 0.05) is 23.9 Å². The molecular formula is C22H29N3O2. The third kappa shape index (κ3) is 5.30. The van der Waals surface area contributed by atoms with Crippen molar-refractivity contribution >= 4 is 5.91 Å². The normalized spacial score (nSPS) is 16.5. The molecule has 1 aliphatic rings. The van der Waals surface area contributed by atoms with E-state index >= 15 is 0 Å². The van der Waals surface area contributed by atoms with E-state index in [1.807, 2.05) is 25.1 Å². The molecule has 1 aromatic carbocycles. The van der Waals surface area contributed by atoms with Crippen LogP contribution in [0.25, 0.3) is 0 Å². The maximum atomic E-state index is 12.7. The lowest BCUT2D eigenvalue weighted by Crippen LogP contribution is -2.39. The van der Waals surface area contributed by atoms with Gasteiger partial charge in [-0.15, -0.1) is 0 Å². The number of aromatic amines is 1. The first-order valence-corrected chi connectivity index (χ1v) is 9.98. The maximum Gasteiger partial charge on any atom is 0.251 e. The molecule has 0 bridgehead atoms. The molecule has 1 saturated heterocycles. The number of nitrogens with zero attached hydrogens (tertiary/aromatic N) is 1. The van der Waals surface area contributed by atoms with Gasteiger partial charge in [0.1, 0.15) is 0 Å². The lowest BCUT2D eigenvalue weighted by Gasteiger charge is -2.31. The van der Waals surface area contributed by atoms with E-state index in [1.54, 1.807) is 6.07 Å². The fraction of sp³-hybridized carbons (Fsp3) is 0.455. The van der Waals surface area contributed by atoms with Gasteiger partial charge < -0.3 is 10.3 Å². The zero-order valence-electron chi connectivity index (χ0n) is 16.0. The Labute approximate surface area is 160 Å². The summed E-state index contributed by atoms with van der Waals surface area (Å²) in [6, 6.07) is 13.7. The fourth-order valence-electron chi connectivity index (χ4n) is 3.75. The van der Waals surface area contributed by atoms with Crippen molar-refractivity contribution in [3.8, 4) is 0 Å². The first-order chi connectivity index (χ1) is 13.2. The molecule has 3 rings (SSSR count). The second-order valence-electron chi connectivity index (χ2n) is 7.20. The van der Waals surface area contributed by atoms with Gasteiger partial charge in [0.25, 0.3) is 5.91 Å². The molecule has 1 fully saturated rings. The minimum Gasteiger partial charge on any atom is -0.350 e. The van der Waals surface area contributed by atoms with Gasteiger partial charge in [-0.2, -0.15) is 0 Å². The Morgan fingerprint density at radius 1 is 1.11 bits per heavy atom. The van der Waals surface area contributed by atoms with Crippen LogP contribution in [0.5, 0.6) is 0 Å². The molecule has 0 radical (unpaired) electrons. The van der Waals surface area contributed by atoms with E-state index in [4.69, 9.17) is 0 Å². The zero-order chi connectivity index (χ0) is 19.1. The lowest BCUT2D eigenvalue weighted by molar-refractivity contribution is 0.0933. The monoisotopic (exact) mass is 367 g/mol. The Morgan fingerprint density at radius 3 is 2.48 bits per heavy atom. The molecule has 1 aliphatic heterocycles. The number of hydrogen-bond donors (Lipinski definition) is 2. The second kappa shape index (κ2) is 9.51. The first kappa shape index (κ1) is 19.4. The van der Waals surface area contributed by atoms with Crippen molar-refractivity contribution in [1.82, 2.24) is 15.2 Å². The third-order valence-electron chi connectivity index (χ3n) is 5.26. The molecule has 0 aliphatic carbocycles. The molecule has 2 N–H and O–H groups in total. The van der Waals surface area contributed by atoms with E-state index in [2.05, 4.69) is 27.3 Å². The number of hydrogen-bond acceptors (Lipinski definition) is 3. The number of carbonyl (C=O) groups excluding carboxylic acids is 1. The summed E-state index contributed by atoms with van der Waals surface area (Å²) in [5.74, 6) is -0.188. The van der Waals surface area contributed by atoms with Crippen LogP contribution in [0.3, 0.4) is 0 Å². The standard InChI is InChI=1S/C22H29N3O2/c1-2-19-14-18(15-21(26)24-19)22(27)23-16-20(17-10-6-5-7-11-17)25-12-8-3-4-9-13-25/h5-7,10-11,14-15,20H,2-4,8-9,12-13,16H2,1H3,(H,23,27)(H,24,26)/t20-/m0/s1. The number of aryl methyl sites for hydroxylation is 1. The van der Waals surface area contributed by atoms with Crippen molar-refractivity contribution in [3.05, 3.63) is 69.6 Å². The van der Waals surface area contributed by atoms with E-state index in [9.17, 15) is 9.59 Å². The summed E-state index contributed by atoms with van der Waals surface area (Å²) in [5, 5.41) is 3.06. The quantitative estimate of drug-likeness (QED) is 0.823. The van der Waals surface area contributed by atoms with Gasteiger partial charge in [-0.05, 0) is 44.0 Å². The summed E-state index contributed by atoms with van der Waals surface area (Å²) in [5.41, 5.74) is 2.20. The number of aromatic nitrogens is 1. The molecule has 144 valence electrons. The van der Waals surface area contributed by atoms with Crippen LogP contribution in [0, 0.1) is 0 Å². The number of pyridine rings is 1. The van der Waals surface area contributed by atoms with Gasteiger partial charge in [-0.1, -0.05) is 50.1 Å². The molecule has 2 aromatic rings. The molecule has 0 saturated carbocycles. The SMILES string of the molecule is CCc1cc(C(=O)NC[C@@H](c2ccccc2)N2CCCCCC2)cc(=O)[nH]1. The average molecular weight is 367 g/mol. The fourth-order valence-corrected chi connectivity index (χ4v) is 3.75. The largest absolute Gasteiger partial charge is 0.350 e. The maximum absolute atomic E-state index is 12.7. The molecule has 0 unspecified atom stereocenters. The Kier molecular flexibility index (Phi) is 6.82. The summed E-state index contributed by atoms with van der Waals surface area (Å²) < 4.78 is 0. The highest BCUT2D eigenvalue weighted by Gasteiger charge is 2.22. The van der Waals surface area contributed by atoms with Crippen LogP contribution < -0.4 is 10.9 Å². The number of carbonyl (C=O) groups is 1. The summed E-state index contributed by atoms with van der Waals surface area (Å²) in [4.78, 5) is 29.7. The van der Waals surface area contributed by atoms with Crippen molar-refractivity contribution in [3.63, 3.8) is 0 Å². The topological polar surface area (TPSA) is 65.2 Å². The Balaban J connectivity index is 1.75. The van der Waals surface area contributed by atoms with Crippen LogP contribution in [0.15, 0.2) is 47.3 Å². The van der Waals surface area contributed by atoms with Gasteiger partial charge in [0.15, 0.2) is 0 Å². The van der Waals surface area contributed by atoms with Gasteiger partial charge >= 0.3 is 0 Å². The molecule has 0 spiro atoms. The predicted octanol–water partition coefficient (Wildman–Crippen LogP) is 3.28. The van der Waals surface area contributed by atoms with Gasteiger partial charge in [-0.25, -0.2) is 0 Å². The van der Waals surface area contributed by atoms with E-state index < -0.39 is 0 Å². The summed E-state index contributed by atoms with van der Waals surface area (Å²) >= 11 is 0. The Bertz CT molecular complexity index is 793. The summed E-state index contributed by atoms with van der Waals surface area (Å²) in [6.45, 7) is 4.61. The molecule has 1 aromatic heterocycles. The number of nitrogens with one attached hydrogen (secondary N) is 2. The van der Waals surface area contributed by atoms with E-state index in [1.165, 1.54) is 37.3 Å². The molecular weight excluding hydrogens is 338 g/mol. The summed E-state index contributed by atoms with van der Waals surface area (Å²) in [7, 11) is 0. The van der Waals surface area contributed by atoms with Gasteiger partial charge in [0.05, 0.1) is 6.04 Å². The number of benzene rings is 1. The molecule has 1 atom stereocenters. The van der Waals surface area contributed by atoms with E-state index in [-0.39, 0.29) is 17.5 Å². The molecule has 1 amide bonds. The van der Waals surface area contributed by atoms with Crippen LogP contribution in [-0.2, 0) is 6.42 Å². The van der Waals surface area contributed by atoms with E-state index in [0.717, 1.165) is 18.8 Å². The van der Waals surface area contributed by atoms with Crippen LogP contribution in [0.1, 0.15) is 60.3 Å². The number of amides is 1. The van der Waals surface area contributed by atoms with E-state index in [0.29, 0.717) is 18.5 Å². The van der Waals surface area contributed by atoms with Crippen molar-refractivity contribution in [2.45, 2.75) is 45.1 Å². The van der Waals surface area contributed by atoms with Crippen molar-refractivity contribution < 1.29 is 4.79 Å². The molecule has 5 heteroatoms. The highest BCUT2D eigenvalue weighted by atomic mass is 16.2. The van der Waals surface area contributed by atoms with Crippen LogP contribution in [0.2, 0.25) is 0 Å². The first-order valence-electron chi connectivity index (χ1n) is 9.98. The Morgan fingerprint density at radius 2 is 1.81 bits per heavy atom. The third-order valence-corrected chi connectivity index (χ3v) is 5.26. The predicted molar refractivity (Wildman–Crippen MR) is 108 cm³/mol. The highest BCUT2D eigenvalue weighted by Crippen LogP contribution is 2.23. The van der Waals surface area contributed by atoms with Crippen molar-refractivity contribution in [2.75, 3.05) is 19.6 Å². The van der Waals surface area contributed by atoms with Gasteiger partial charge in [0.2, 0.25) is 5.56 Å². The molecule has 5 nitrogen and oxygen atoms in total. The van der Waals surface area contributed by atoms with Gasteiger partial charge in [-0.3, -0.25) is 14.5 Å². The summed E-state index contributed by atoms with van der Waals surface area (Å²) in [6.07, 6.45) is 5.64. The lowest BCUT2D eigenvalue weighted by atomic mass is 10.0.